The second-order valence-corrected chi connectivity index (χ2v) is 5.95. The summed E-state index contributed by atoms with van der Waals surface area (Å²) in [6.45, 7) is 5.64. The molecule has 21 heavy (non-hydrogen) atoms. The van der Waals surface area contributed by atoms with Gasteiger partial charge in [-0.25, -0.2) is 10.1 Å². The highest BCUT2D eigenvalue weighted by Crippen LogP contribution is 2.10. The zero-order valence-electron chi connectivity index (χ0n) is 13.8. The summed E-state index contributed by atoms with van der Waals surface area (Å²) < 4.78 is 5.23. The van der Waals surface area contributed by atoms with Crippen LogP contribution in [0.25, 0.3) is 0 Å². The van der Waals surface area contributed by atoms with Crippen LogP contribution in [0.2, 0.25) is 0 Å². The zero-order valence-corrected chi connectivity index (χ0v) is 13.8. The fourth-order valence-corrected chi connectivity index (χ4v) is 2.63. The SMILES string of the molecule is CCCCCCCCCCCC[N]C(=O)N1CCOCC1. The maximum atomic E-state index is 11.8. The highest BCUT2D eigenvalue weighted by atomic mass is 16.5. The normalized spacial score (nSPS) is 15.2. The molecular formula is C17H33N2O2. The van der Waals surface area contributed by atoms with Crippen molar-refractivity contribution in [3.05, 3.63) is 0 Å². The Hall–Kier alpha value is -0.770. The monoisotopic (exact) mass is 297 g/mol. The van der Waals surface area contributed by atoms with Crippen LogP contribution in [0.5, 0.6) is 0 Å². The van der Waals surface area contributed by atoms with Crippen LogP contribution in [0.1, 0.15) is 71.1 Å². The fraction of sp³-hybridized carbons (Fsp3) is 0.941. The Morgan fingerprint density at radius 3 is 2.00 bits per heavy atom. The number of hydrogen-bond acceptors (Lipinski definition) is 2. The molecule has 1 aliphatic heterocycles. The minimum absolute atomic E-state index is 0.0470. The number of amides is 2. The van der Waals surface area contributed by atoms with Gasteiger partial charge in [0.2, 0.25) is 0 Å². The van der Waals surface area contributed by atoms with E-state index in [0.717, 1.165) is 6.42 Å². The molecule has 0 atom stereocenters. The van der Waals surface area contributed by atoms with Crippen molar-refractivity contribution in [1.82, 2.24) is 10.2 Å². The van der Waals surface area contributed by atoms with Crippen molar-refractivity contribution in [1.29, 1.82) is 0 Å². The molecule has 1 saturated heterocycles. The van der Waals surface area contributed by atoms with Crippen LogP contribution < -0.4 is 5.32 Å². The van der Waals surface area contributed by atoms with Gasteiger partial charge in [0, 0.05) is 19.6 Å². The first-order valence-corrected chi connectivity index (χ1v) is 8.88. The summed E-state index contributed by atoms with van der Waals surface area (Å²) in [6, 6.07) is -0.0470. The van der Waals surface area contributed by atoms with Gasteiger partial charge in [0.15, 0.2) is 0 Å². The third-order valence-corrected chi connectivity index (χ3v) is 4.04. The number of nitrogens with zero attached hydrogens (tertiary/aromatic N) is 2. The van der Waals surface area contributed by atoms with E-state index in [4.69, 9.17) is 4.74 Å². The molecule has 1 radical (unpaired) electrons. The molecule has 0 aliphatic carbocycles. The Balaban J connectivity index is 1.80. The van der Waals surface area contributed by atoms with E-state index in [1.54, 1.807) is 4.90 Å². The summed E-state index contributed by atoms with van der Waals surface area (Å²) in [5.74, 6) is 0. The van der Waals surface area contributed by atoms with E-state index in [2.05, 4.69) is 12.2 Å². The molecule has 0 aromatic heterocycles. The molecule has 0 aromatic rings. The molecule has 0 aromatic carbocycles. The number of ether oxygens (including phenoxy) is 1. The predicted octanol–water partition coefficient (Wildman–Crippen LogP) is 3.96. The van der Waals surface area contributed by atoms with Crippen LogP contribution in [-0.4, -0.2) is 43.8 Å². The van der Waals surface area contributed by atoms with Gasteiger partial charge in [-0.05, 0) is 6.42 Å². The summed E-state index contributed by atoms with van der Waals surface area (Å²) in [7, 11) is 0. The molecule has 0 N–H and O–H groups in total. The van der Waals surface area contributed by atoms with Crippen LogP contribution in [-0.2, 0) is 4.74 Å². The van der Waals surface area contributed by atoms with Gasteiger partial charge in [0.25, 0.3) is 0 Å². The lowest BCUT2D eigenvalue weighted by Crippen LogP contribution is -2.43. The summed E-state index contributed by atoms with van der Waals surface area (Å²) >= 11 is 0. The van der Waals surface area contributed by atoms with Crippen LogP contribution in [0, 0.1) is 0 Å². The van der Waals surface area contributed by atoms with E-state index in [9.17, 15) is 4.79 Å². The minimum atomic E-state index is -0.0470. The van der Waals surface area contributed by atoms with Crippen molar-refractivity contribution in [2.24, 2.45) is 0 Å². The smallest absolute Gasteiger partial charge is 0.339 e. The number of hydrogen-bond donors (Lipinski definition) is 0. The second-order valence-electron chi connectivity index (χ2n) is 5.95. The van der Waals surface area contributed by atoms with Crippen molar-refractivity contribution in [3.8, 4) is 0 Å². The molecule has 123 valence electrons. The molecule has 2 amide bonds. The summed E-state index contributed by atoms with van der Waals surface area (Å²) in [4.78, 5) is 13.6. The summed E-state index contributed by atoms with van der Waals surface area (Å²) in [5.41, 5.74) is 0. The number of urea groups is 1. The zero-order chi connectivity index (χ0) is 15.2. The van der Waals surface area contributed by atoms with Crippen LogP contribution in [0.4, 0.5) is 4.79 Å². The third kappa shape index (κ3) is 9.72. The molecule has 1 aliphatic rings. The third-order valence-electron chi connectivity index (χ3n) is 4.04. The first-order chi connectivity index (χ1) is 10.3. The maximum absolute atomic E-state index is 11.8. The van der Waals surface area contributed by atoms with Gasteiger partial charge >= 0.3 is 6.03 Å². The first kappa shape index (κ1) is 18.3. The Labute approximate surface area is 130 Å². The number of carbonyl (C=O) groups excluding carboxylic acids is 1. The highest BCUT2D eigenvalue weighted by Gasteiger charge is 2.16. The topological polar surface area (TPSA) is 43.6 Å². The molecule has 0 unspecified atom stereocenters. The van der Waals surface area contributed by atoms with E-state index in [1.165, 1.54) is 57.8 Å². The Morgan fingerprint density at radius 1 is 0.905 bits per heavy atom. The average Bonchev–Trinajstić information content (AvgIpc) is 2.53. The standard InChI is InChI=1S/C17H33N2O2/c1-2-3-4-5-6-7-8-9-10-11-12-18-17(20)19-13-15-21-16-14-19/h2-16H2,1H3. The maximum Gasteiger partial charge on any atom is 0.339 e. The Morgan fingerprint density at radius 2 is 1.43 bits per heavy atom. The average molecular weight is 297 g/mol. The molecule has 1 fully saturated rings. The fourth-order valence-electron chi connectivity index (χ4n) is 2.63. The van der Waals surface area contributed by atoms with Gasteiger partial charge in [0.1, 0.15) is 0 Å². The molecule has 1 heterocycles. The minimum Gasteiger partial charge on any atom is -0.378 e. The van der Waals surface area contributed by atoms with Crippen LogP contribution >= 0.6 is 0 Å². The van der Waals surface area contributed by atoms with Crippen molar-refractivity contribution in [2.75, 3.05) is 32.8 Å². The van der Waals surface area contributed by atoms with E-state index in [0.29, 0.717) is 32.8 Å². The second kappa shape index (κ2) is 12.9. The molecule has 4 heteroatoms. The lowest BCUT2D eigenvalue weighted by Gasteiger charge is -2.25. The summed E-state index contributed by atoms with van der Waals surface area (Å²) in [6.07, 6.45) is 13.1. The van der Waals surface area contributed by atoms with Crippen molar-refractivity contribution in [3.63, 3.8) is 0 Å². The molecule has 0 bridgehead atoms. The van der Waals surface area contributed by atoms with Crippen molar-refractivity contribution >= 4 is 6.03 Å². The largest absolute Gasteiger partial charge is 0.378 e. The quantitative estimate of drug-likeness (QED) is 0.542. The van der Waals surface area contributed by atoms with E-state index >= 15 is 0 Å². The molecular weight excluding hydrogens is 264 g/mol. The lowest BCUT2D eigenvalue weighted by atomic mass is 10.1. The van der Waals surface area contributed by atoms with Crippen molar-refractivity contribution < 1.29 is 9.53 Å². The number of morpholine rings is 1. The van der Waals surface area contributed by atoms with E-state index < -0.39 is 0 Å². The van der Waals surface area contributed by atoms with Gasteiger partial charge in [-0.2, -0.15) is 0 Å². The van der Waals surface area contributed by atoms with Gasteiger partial charge in [-0.1, -0.05) is 64.7 Å². The Kier molecular flexibility index (Phi) is 11.3. The van der Waals surface area contributed by atoms with Crippen LogP contribution in [0.15, 0.2) is 0 Å². The van der Waals surface area contributed by atoms with Crippen molar-refractivity contribution in [2.45, 2.75) is 71.1 Å². The molecule has 1 rings (SSSR count). The number of rotatable bonds is 11. The number of carbonyl (C=O) groups is 1. The first-order valence-electron chi connectivity index (χ1n) is 8.88. The van der Waals surface area contributed by atoms with Gasteiger partial charge < -0.3 is 9.64 Å². The summed E-state index contributed by atoms with van der Waals surface area (Å²) in [5, 5.41) is 4.15. The van der Waals surface area contributed by atoms with E-state index in [1.807, 2.05) is 0 Å². The lowest BCUT2D eigenvalue weighted by molar-refractivity contribution is 0.0530. The molecule has 4 nitrogen and oxygen atoms in total. The van der Waals surface area contributed by atoms with E-state index in [-0.39, 0.29) is 6.03 Å². The molecule has 0 saturated carbocycles. The van der Waals surface area contributed by atoms with Gasteiger partial charge in [-0.15, -0.1) is 0 Å². The highest BCUT2D eigenvalue weighted by molar-refractivity contribution is 5.73. The van der Waals surface area contributed by atoms with Gasteiger partial charge in [-0.3, -0.25) is 0 Å². The van der Waals surface area contributed by atoms with Gasteiger partial charge in [0.05, 0.1) is 13.2 Å². The Bertz CT molecular complexity index is 253. The predicted molar refractivity (Wildman–Crippen MR) is 86.6 cm³/mol. The number of unbranched alkanes of at least 4 members (excludes halogenated alkanes) is 9. The molecule has 0 spiro atoms. The van der Waals surface area contributed by atoms with Crippen LogP contribution in [0.3, 0.4) is 0 Å².